The van der Waals surface area contributed by atoms with Gasteiger partial charge in [-0.15, -0.1) is 0 Å². The molecule has 22 heteroatoms. The second kappa shape index (κ2) is 28.8. The predicted octanol–water partition coefficient (Wildman–Crippen LogP) is 3.81. The van der Waals surface area contributed by atoms with Gasteiger partial charge in [0.1, 0.15) is 0 Å². The van der Waals surface area contributed by atoms with Crippen molar-refractivity contribution in [3.05, 3.63) is 69.8 Å². The van der Waals surface area contributed by atoms with E-state index in [1.807, 2.05) is 0 Å². The second-order valence-electron chi connectivity index (χ2n) is 11.6. The molecule has 2 N–H and O–H groups in total. The SMILES string of the molecule is O=C(O)CCOCCOCCOCCOCCOCCOCCOCCOCCOCCOCC(C(=O)O)(c1c(F)c(F)cc(F)c1F)c1c(F)c(F)cc(F)c1F. The van der Waals surface area contributed by atoms with E-state index in [9.17, 15) is 49.8 Å². The molecule has 0 saturated carbocycles. The molecule has 0 fully saturated rings. The van der Waals surface area contributed by atoms with Crippen molar-refractivity contribution in [3.8, 4) is 0 Å². The van der Waals surface area contributed by atoms with Crippen LogP contribution in [0, 0.1) is 46.5 Å². The first kappa shape index (κ1) is 50.6. The third kappa shape index (κ3) is 17.3. The highest BCUT2D eigenvalue weighted by Crippen LogP contribution is 2.42. The summed E-state index contributed by atoms with van der Waals surface area (Å²) in [5.41, 5.74) is -8.04. The van der Waals surface area contributed by atoms with E-state index < -0.39 is 88.2 Å². The normalized spacial score (nSPS) is 11.8. The highest BCUT2D eigenvalue weighted by Gasteiger charge is 2.53. The number of halogens is 8. The number of aliphatic carboxylic acids is 2. The topological polar surface area (TPSA) is 167 Å². The van der Waals surface area contributed by atoms with E-state index in [0.717, 1.165) is 0 Å². The lowest BCUT2D eigenvalue weighted by molar-refractivity contribution is -0.145. The Kier molecular flexibility index (Phi) is 25.1. The lowest BCUT2D eigenvalue weighted by Gasteiger charge is -2.31. The third-order valence-corrected chi connectivity index (χ3v) is 7.57. The number of carbonyl (C=O) groups is 2. The van der Waals surface area contributed by atoms with E-state index in [-0.39, 0.29) is 64.8 Å². The van der Waals surface area contributed by atoms with Crippen molar-refractivity contribution < 1.29 is 102 Å². The summed E-state index contributed by atoms with van der Waals surface area (Å²) in [6.07, 6.45) is -0.0492. The summed E-state index contributed by atoms with van der Waals surface area (Å²) >= 11 is 0. The first-order chi connectivity index (χ1) is 27.9. The minimum Gasteiger partial charge on any atom is -0.481 e. The molecule has 2 rings (SSSR count). The van der Waals surface area contributed by atoms with E-state index in [1.54, 1.807) is 0 Å². The van der Waals surface area contributed by atoms with Crippen LogP contribution in [0.4, 0.5) is 35.1 Å². The van der Waals surface area contributed by atoms with Crippen molar-refractivity contribution in [2.24, 2.45) is 0 Å². The largest absolute Gasteiger partial charge is 0.481 e. The quantitative estimate of drug-likeness (QED) is 0.0584. The lowest BCUT2D eigenvalue weighted by atomic mass is 9.73. The molecule has 2 aromatic carbocycles. The molecule has 0 saturated heterocycles. The van der Waals surface area contributed by atoms with Crippen molar-refractivity contribution in [2.75, 3.05) is 132 Å². The van der Waals surface area contributed by atoms with E-state index in [0.29, 0.717) is 72.7 Å². The molecular formula is C36H46F8O14. The number of carboxylic acid groups (broad SMARTS) is 2. The zero-order valence-electron chi connectivity index (χ0n) is 31.3. The molecule has 0 spiro atoms. The Morgan fingerprint density at radius 3 is 0.845 bits per heavy atom. The Balaban J connectivity index is 1.52. The summed E-state index contributed by atoms with van der Waals surface area (Å²) in [5, 5.41) is 18.5. The van der Waals surface area contributed by atoms with Crippen molar-refractivity contribution in [2.45, 2.75) is 11.8 Å². The fraction of sp³-hybridized carbons (Fsp3) is 0.611. The van der Waals surface area contributed by atoms with Gasteiger partial charge in [-0.2, -0.15) is 0 Å². The number of rotatable bonds is 35. The van der Waals surface area contributed by atoms with Gasteiger partial charge in [-0.3, -0.25) is 9.59 Å². The summed E-state index contributed by atoms with van der Waals surface area (Å²) in [6, 6.07) is -0.595. The van der Waals surface area contributed by atoms with Crippen LogP contribution in [-0.2, 0) is 62.4 Å². The van der Waals surface area contributed by atoms with E-state index >= 15 is 0 Å². The summed E-state index contributed by atoms with van der Waals surface area (Å²) < 4.78 is 169. The van der Waals surface area contributed by atoms with E-state index in [4.69, 9.17) is 52.5 Å². The molecule has 0 heterocycles. The van der Waals surface area contributed by atoms with Gasteiger partial charge in [-0.05, 0) is 0 Å². The second-order valence-corrected chi connectivity index (χ2v) is 11.6. The predicted molar refractivity (Wildman–Crippen MR) is 181 cm³/mol. The van der Waals surface area contributed by atoms with Crippen LogP contribution in [0.3, 0.4) is 0 Å². The highest BCUT2D eigenvalue weighted by atomic mass is 19.2. The monoisotopic (exact) mass is 854 g/mol. The smallest absolute Gasteiger partial charge is 0.321 e. The van der Waals surface area contributed by atoms with E-state index in [2.05, 4.69) is 0 Å². The summed E-state index contributed by atoms with van der Waals surface area (Å²) in [4.78, 5) is 22.8. The fourth-order valence-corrected chi connectivity index (χ4v) is 4.80. The zero-order chi connectivity index (χ0) is 42.8. The molecule has 0 bridgehead atoms. The zero-order valence-corrected chi connectivity index (χ0v) is 31.3. The Bertz CT molecular complexity index is 1410. The molecule has 0 atom stereocenters. The lowest BCUT2D eigenvalue weighted by Crippen LogP contribution is -2.46. The molecule has 0 unspecified atom stereocenters. The minimum absolute atomic E-state index is 0.0378. The Morgan fingerprint density at radius 1 is 0.397 bits per heavy atom. The van der Waals surface area contributed by atoms with Gasteiger partial charge >= 0.3 is 11.9 Å². The van der Waals surface area contributed by atoms with Crippen LogP contribution >= 0.6 is 0 Å². The maximum Gasteiger partial charge on any atom is 0.321 e. The first-order valence-corrected chi connectivity index (χ1v) is 17.8. The average molecular weight is 855 g/mol. The van der Waals surface area contributed by atoms with Crippen molar-refractivity contribution in [1.82, 2.24) is 0 Å². The summed E-state index contributed by atoms with van der Waals surface area (Å²) in [6.45, 7) is 2.06. The van der Waals surface area contributed by atoms with Crippen LogP contribution < -0.4 is 0 Å². The van der Waals surface area contributed by atoms with Gasteiger partial charge in [-0.1, -0.05) is 0 Å². The third-order valence-electron chi connectivity index (χ3n) is 7.57. The Morgan fingerprint density at radius 2 is 0.621 bits per heavy atom. The molecule has 0 aromatic heterocycles. The molecule has 0 aliphatic rings. The maximum absolute atomic E-state index is 14.9. The number of hydrogen-bond acceptors (Lipinski definition) is 12. The molecular weight excluding hydrogens is 808 g/mol. The molecule has 2 aromatic rings. The average Bonchev–Trinajstić information content (AvgIpc) is 3.18. The Hall–Kier alpha value is -3.58. The van der Waals surface area contributed by atoms with Gasteiger partial charge in [0.25, 0.3) is 0 Å². The first-order valence-electron chi connectivity index (χ1n) is 17.8. The molecule has 0 aliphatic heterocycles. The van der Waals surface area contributed by atoms with Crippen LogP contribution in [0.1, 0.15) is 17.5 Å². The Labute approximate surface area is 328 Å². The van der Waals surface area contributed by atoms with Gasteiger partial charge in [-0.25, -0.2) is 35.1 Å². The number of carboxylic acids is 2. The van der Waals surface area contributed by atoms with Crippen LogP contribution in [0.25, 0.3) is 0 Å². The van der Waals surface area contributed by atoms with Gasteiger partial charge in [0.15, 0.2) is 52.0 Å². The number of hydrogen-bond donors (Lipinski definition) is 2. The van der Waals surface area contributed by atoms with Crippen LogP contribution in [0.5, 0.6) is 0 Å². The van der Waals surface area contributed by atoms with Crippen LogP contribution in [-0.4, -0.2) is 154 Å². The molecule has 0 amide bonds. The van der Waals surface area contributed by atoms with Gasteiger partial charge in [0, 0.05) is 12.1 Å². The number of ether oxygens (including phenoxy) is 10. The molecule has 330 valence electrons. The standard InChI is InChI=1S/C36H46F8O14/c37-24-21-25(38)32(42)29(31(24)41)36(35(47)48,30-33(43)26(39)22-27(40)34(30)44)23-58-20-19-57-18-17-56-16-15-55-14-13-54-12-11-53-10-9-52-8-7-51-6-5-50-4-3-49-2-1-28(45)46/h21-22H,1-20,23H2,(H,45,46)(H,47,48). The molecule has 0 radical (unpaired) electrons. The van der Waals surface area contributed by atoms with E-state index in [1.165, 1.54) is 0 Å². The maximum atomic E-state index is 14.9. The van der Waals surface area contributed by atoms with Gasteiger partial charge in [0.2, 0.25) is 0 Å². The van der Waals surface area contributed by atoms with Crippen LogP contribution in [0.2, 0.25) is 0 Å². The fourth-order valence-electron chi connectivity index (χ4n) is 4.80. The summed E-state index contributed by atoms with van der Waals surface area (Å²) in [7, 11) is 0. The van der Waals surface area contributed by atoms with Gasteiger partial charge in [0.05, 0.1) is 150 Å². The summed E-state index contributed by atoms with van der Waals surface area (Å²) in [5.74, 6) is -21.7. The number of benzene rings is 2. The van der Waals surface area contributed by atoms with Crippen molar-refractivity contribution >= 4 is 11.9 Å². The highest BCUT2D eigenvalue weighted by molar-refractivity contribution is 5.87. The van der Waals surface area contributed by atoms with Gasteiger partial charge < -0.3 is 57.6 Å². The van der Waals surface area contributed by atoms with Crippen molar-refractivity contribution in [3.63, 3.8) is 0 Å². The van der Waals surface area contributed by atoms with Crippen molar-refractivity contribution in [1.29, 1.82) is 0 Å². The molecule has 14 nitrogen and oxygen atoms in total. The minimum atomic E-state index is -3.85. The van der Waals surface area contributed by atoms with Crippen LogP contribution in [0.15, 0.2) is 12.1 Å². The molecule has 58 heavy (non-hydrogen) atoms. The molecule has 0 aliphatic carbocycles.